The fourth-order valence-corrected chi connectivity index (χ4v) is 3.49. The second-order valence-electron chi connectivity index (χ2n) is 5.96. The minimum atomic E-state index is -0.673. The van der Waals surface area contributed by atoms with Gasteiger partial charge in [-0.15, -0.1) is 0 Å². The predicted octanol–water partition coefficient (Wildman–Crippen LogP) is 2.79. The molecule has 0 aliphatic carbocycles. The summed E-state index contributed by atoms with van der Waals surface area (Å²) in [5, 5.41) is 0.450. The van der Waals surface area contributed by atoms with Crippen LogP contribution in [-0.2, 0) is 4.79 Å². The maximum atomic E-state index is 12.5. The summed E-state index contributed by atoms with van der Waals surface area (Å²) in [6.07, 6.45) is 0. The summed E-state index contributed by atoms with van der Waals surface area (Å²) >= 11 is 6.24. The van der Waals surface area contributed by atoms with Crippen molar-refractivity contribution >= 4 is 23.2 Å². The molecular formula is C19H21ClN2O5. The number of rotatable bonds is 6. The van der Waals surface area contributed by atoms with Crippen molar-refractivity contribution in [3.8, 4) is 23.0 Å². The highest BCUT2D eigenvalue weighted by atomic mass is 35.5. The largest absolute Gasteiger partial charge is 0.495 e. The molecule has 144 valence electrons. The minimum Gasteiger partial charge on any atom is -0.495 e. The van der Waals surface area contributed by atoms with E-state index in [0.29, 0.717) is 33.7 Å². The van der Waals surface area contributed by atoms with Crippen LogP contribution in [-0.4, -0.2) is 40.4 Å². The van der Waals surface area contributed by atoms with Crippen molar-refractivity contribution < 1.29 is 23.7 Å². The number of methoxy groups -OCH3 is 4. The third-order valence-electron chi connectivity index (χ3n) is 4.59. The Morgan fingerprint density at radius 1 is 0.926 bits per heavy atom. The molecule has 1 fully saturated rings. The van der Waals surface area contributed by atoms with Gasteiger partial charge in [0.2, 0.25) is 11.7 Å². The van der Waals surface area contributed by atoms with Crippen LogP contribution in [0.15, 0.2) is 30.3 Å². The maximum absolute atomic E-state index is 12.5. The lowest BCUT2D eigenvalue weighted by Gasteiger charge is -2.45. The molecule has 27 heavy (non-hydrogen) atoms. The average Bonchev–Trinajstić information content (AvgIpc) is 2.69. The van der Waals surface area contributed by atoms with Crippen molar-refractivity contribution in [3.05, 3.63) is 40.9 Å². The van der Waals surface area contributed by atoms with E-state index in [1.807, 2.05) is 6.07 Å². The Morgan fingerprint density at radius 2 is 1.52 bits per heavy atom. The smallest absolute Gasteiger partial charge is 0.247 e. The highest BCUT2D eigenvalue weighted by Gasteiger charge is 2.47. The number of carbonyl (C=O) groups is 1. The fraction of sp³-hybridized carbons (Fsp3) is 0.316. The van der Waals surface area contributed by atoms with Crippen molar-refractivity contribution in [3.63, 3.8) is 0 Å². The van der Waals surface area contributed by atoms with Crippen LogP contribution in [0.2, 0.25) is 5.02 Å². The summed E-state index contributed by atoms with van der Waals surface area (Å²) in [5.74, 6) is 1.70. The van der Waals surface area contributed by atoms with Gasteiger partial charge in [-0.25, -0.2) is 0 Å². The average molecular weight is 393 g/mol. The Balaban J connectivity index is 2.05. The monoisotopic (exact) mass is 392 g/mol. The number of ether oxygens (including phenoxy) is 4. The van der Waals surface area contributed by atoms with Gasteiger partial charge in [0, 0.05) is 12.1 Å². The Hall–Kier alpha value is -2.64. The van der Waals surface area contributed by atoms with Crippen LogP contribution in [0.1, 0.15) is 11.6 Å². The van der Waals surface area contributed by atoms with Crippen LogP contribution in [0.25, 0.3) is 0 Å². The molecule has 1 aliphatic heterocycles. The molecule has 1 saturated heterocycles. The first-order valence-electron chi connectivity index (χ1n) is 8.18. The molecule has 2 atom stereocenters. The molecule has 1 heterocycles. The number of nitrogens with zero attached hydrogens (tertiary/aromatic N) is 1. The molecule has 2 aromatic carbocycles. The van der Waals surface area contributed by atoms with Gasteiger partial charge in [0.25, 0.3) is 0 Å². The van der Waals surface area contributed by atoms with E-state index in [4.69, 9.17) is 36.3 Å². The molecule has 8 heteroatoms. The van der Waals surface area contributed by atoms with E-state index in [2.05, 4.69) is 0 Å². The summed E-state index contributed by atoms with van der Waals surface area (Å²) in [6.45, 7) is 0. The standard InChI is InChI=1S/C19H21ClN2O5/c1-24-13-6-5-10(7-12(13)20)17-16(21)19(23)22(17)11-8-14(25-2)18(27-4)15(9-11)26-3/h5-9,16-17H,21H2,1-4H3/t16-,17-/m0/s1. The number of anilines is 1. The maximum Gasteiger partial charge on any atom is 0.247 e. The van der Waals surface area contributed by atoms with Crippen LogP contribution >= 0.6 is 11.6 Å². The predicted molar refractivity (Wildman–Crippen MR) is 102 cm³/mol. The lowest BCUT2D eigenvalue weighted by molar-refractivity contribution is -0.126. The van der Waals surface area contributed by atoms with Crippen LogP contribution in [0.3, 0.4) is 0 Å². The summed E-state index contributed by atoms with van der Waals surface area (Å²) in [5.41, 5.74) is 7.49. The first-order valence-corrected chi connectivity index (χ1v) is 8.56. The molecule has 0 spiro atoms. The Labute approximate surface area is 162 Å². The van der Waals surface area contributed by atoms with E-state index < -0.39 is 6.04 Å². The highest BCUT2D eigenvalue weighted by molar-refractivity contribution is 6.32. The molecule has 0 radical (unpaired) electrons. The Bertz CT molecular complexity index is 848. The van der Waals surface area contributed by atoms with Gasteiger partial charge in [0.1, 0.15) is 11.8 Å². The number of amides is 1. The summed E-state index contributed by atoms with van der Waals surface area (Å²) in [6, 6.07) is 7.72. The molecule has 3 rings (SSSR count). The number of halogens is 1. The molecule has 0 unspecified atom stereocenters. The molecule has 0 saturated carbocycles. The first-order chi connectivity index (χ1) is 13.0. The van der Waals surface area contributed by atoms with Gasteiger partial charge in [-0.05, 0) is 17.7 Å². The fourth-order valence-electron chi connectivity index (χ4n) is 3.23. The molecule has 1 amide bonds. The van der Waals surface area contributed by atoms with E-state index in [-0.39, 0.29) is 11.9 Å². The number of β-lactam (4-membered cyclic amide) rings is 1. The number of carbonyl (C=O) groups excluding carboxylic acids is 1. The van der Waals surface area contributed by atoms with Crippen LogP contribution in [0.4, 0.5) is 5.69 Å². The van der Waals surface area contributed by atoms with Crippen LogP contribution in [0.5, 0.6) is 23.0 Å². The molecule has 2 aromatic rings. The summed E-state index contributed by atoms with van der Waals surface area (Å²) in [7, 11) is 6.10. The lowest BCUT2D eigenvalue weighted by atomic mass is 9.88. The highest BCUT2D eigenvalue weighted by Crippen LogP contribution is 2.46. The van der Waals surface area contributed by atoms with E-state index in [0.717, 1.165) is 5.56 Å². The second-order valence-corrected chi connectivity index (χ2v) is 6.36. The zero-order chi connectivity index (χ0) is 19.7. The van der Waals surface area contributed by atoms with Gasteiger partial charge < -0.3 is 29.6 Å². The normalized spacial score (nSPS) is 18.7. The third kappa shape index (κ3) is 3.13. The zero-order valence-corrected chi connectivity index (χ0v) is 16.2. The number of hydrogen-bond donors (Lipinski definition) is 1. The summed E-state index contributed by atoms with van der Waals surface area (Å²) < 4.78 is 21.3. The van der Waals surface area contributed by atoms with E-state index in [9.17, 15) is 4.79 Å². The third-order valence-corrected chi connectivity index (χ3v) is 4.88. The molecular weight excluding hydrogens is 372 g/mol. The van der Waals surface area contributed by atoms with Crippen LogP contribution in [0, 0.1) is 0 Å². The lowest BCUT2D eigenvalue weighted by Crippen LogP contribution is -2.63. The van der Waals surface area contributed by atoms with Gasteiger partial charge in [0.15, 0.2) is 11.5 Å². The first kappa shape index (κ1) is 19.1. The van der Waals surface area contributed by atoms with E-state index in [1.165, 1.54) is 21.3 Å². The second kappa shape index (κ2) is 7.54. The molecule has 0 bridgehead atoms. The van der Waals surface area contributed by atoms with Gasteiger partial charge in [-0.2, -0.15) is 0 Å². The van der Waals surface area contributed by atoms with Gasteiger partial charge in [0.05, 0.1) is 45.2 Å². The van der Waals surface area contributed by atoms with Gasteiger partial charge >= 0.3 is 0 Å². The van der Waals surface area contributed by atoms with E-state index in [1.54, 1.807) is 36.3 Å². The van der Waals surface area contributed by atoms with Crippen molar-refractivity contribution in [1.29, 1.82) is 0 Å². The molecule has 2 N–H and O–H groups in total. The summed E-state index contributed by atoms with van der Waals surface area (Å²) in [4.78, 5) is 14.1. The molecule has 1 aliphatic rings. The topological polar surface area (TPSA) is 83.3 Å². The van der Waals surface area contributed by atoms with E-state index >= 15 is 0 Å². The van der Waals surface area contributed by atoms with Crippen molar-refractivity contribution in [2.24, 2.45) is 5.73 Å². The molecule has 0 aromatic heterocycles. The number of hydrogen-bond acceptors (Lipinski definition) is 6. The Kier molecular flexibility index (Phi) is 5.34. The SMILES string of the molecule is COc1ccc([C@H]2[C@H](N)C(=O)N2c2cc(OC)c(OC)c(OC)c2)cc1Cl. The Morgan fingerprint density at radius 3 is 2.00 bits per heavy atom. The quantitative estimate of drug-likeness (QED) is 0.761. The zero-order valence-electron chi connectivity index (χ0n) is 15.5. The van der Waals surface area contributed by atoms with Crippen molar-refractivity contribution in [2.45, 2.75) is 12.1 Å². The van der Waals surface area contributed by atoms with Crippen LogP contribution < -0.4 is 29.6 Å². The minimum absolute atomic E-state index is 0.207. The van der Waals surface area contributed by atoms with Gasteiger partial charge in [-0.3, -0.25) is 4.79 Å². The van der Waals surface area contributed by atoms with Crippen molar-refractivity contribution in [2.75, 3.05) is 33.3 Å². The molecule has 7 nitrogen and oxygen atoms in total. The van der Waals surface area contributed by atoms with Gasteiger partial charge in [-0.1, -0.05) is 17.7 Å². The number of benzene rings is 2. The number of nitrogens with two attached hydrogens (primary N) is 1. The van der Waals surface area contributed by atoms with Crippen molar-refractivity contribution in [1.82, 2.24) is 0 Å².